The number of aliphatic carboxylic acids is 2. The summed E-state index contributed by atoms with van der Waals surface area (Å²) in [4.78, 5) is 74.2. The van der Waals surface area contributed by atoms with Gasteiger partial charge < -0.3 is 31.5 Å². The molecule has 12 nitrogen and oxygen atoms in total. The third-order valence-corrected chi connectivity index (χ3v) is 10.2. The Kier molecular flexibility index (Phi) is 10.6. The van der Waals surface area contributed by atoms with Crippen LogP contribution in [0.3, 0.4) is 0 Å². The van der Waals surface area contributed by atoms with Crippen molar-refractivity contribution in [1.29, 1.82) is 0 Å². The van der Waals surface area contributed by atoms with Gasteiger partial charge in [0, 0.05) is 41.9 Å². The van der Waals surface area contributed by atoms with Gasteiger partial charge in [0.15, 0.2) is 0 Å². The van der Waals surface area contributed by atoms with E-state index in [9.17, 15) is 39.0 Å². The molecule has 4 aliphatic rings. The van der Waals surface area contributed by atoms with Gasteiger partial charge in [-0.3, -0.25) is 28.8 Å². The largest absolute Gasteiger partial charge is 0.481 e. The molecule has 6 N–H and O–H groups in total. The van der Waals surface area contributed by atoms with Crippen molar-refractivity contribution in [3.05, 3.63) is 0 Å². The number of ketones is 1. The van der Waals surface area contributed by atoms with Crippen molar-refractivity contribution in [1.82, 2.24) is 21.3 Å². The van der Waals surface area contributed by atoms with E-state index < -0.39 is 47.3 Å². The molecule has 0 heterocycles. The standard InChI is InChI=1S/C30H46N4O8/c1-15(35)22-23(25(30(41)42)24(22)29(39)40)28(38)32-19-12-8-17(9-13-19)27(37)34-21-5-3-4-20(14-21)33-26(36)16-6-10-18(31-2)11-7-16/h16-25,31H,3-14H2,1-2H3,(H,32,38)(H,33,36)(H,34,37)(H,39,40)(H,41,42). The van der Waals surface area contributed by atoms with Crippen LogP contribution in [-0.2, 0) is 28.8 Å². The van der Waals surface area contributed by atoms with E-state index in [-0.39, 0.29) is 41.8 Å². The third-order valence-electron chi connectivity index (χ3n) is 10.2. The van der Waals surface area contributed by atoms with Crippen LogP contribution in [0.1, 0.15) is 84.0 Å². The highest BCUT2D eigenvalue weighted by molar-refractivity contribution is 5.99. The molecule has 0 aromatic rings. The fraction of sp³-hybridized carbons (Fsp3) is 0.800. The van der Waals surface area contributed by atoms with Crippen LogP contribution < -0.4 is 21.3 Å². The molecule has 234 valence electrons. The Balaban J connectivity index is 1.21. The highest BCUT2D eigenvalue weighted by Gasteiger charge is 2.62. The number of carboxylic acids is 2. The van der Waals surface area contributed by atoms with Gasteiger partial charge in [-0.15, -0.1) is 0 Å². The minimum absolute atomic E-state index is 0.00580. The maximum atomic E-state index is 13.1. The molecule has 6 unspecified atom stereocenters. The van der Waals surface area contributed by atoms with Crippen LogP contribution in [-0.4, -0.2) is 76.9 Å². The van der Waals surface area contributed by atoms with Crippen LogP contribution in [0.25, 0.3) is 0 Å². The first kappa shape index (κ1) is 31.9. The van der Waals surface area contributed by atoms with Crippen molar-refractivity contribution in [2.24, 2.45) is 35.5 Å². The zero-order valence-corrected chi connectivity index (χ0v) is 24.6. The van der Waals surface area contributed by atoms with Gasteiger partial charge in [-0.05, 0) is 91.0 Å². The normalized spacial score (nSPS) is 36.5. The quantitative estimate of drug-likeness (QED) is 0.217. The second-order valence-electron chi connectivity index (χ2n) is 12.9. The molecule has 0 bridgehead atoms. The molecular formula is C30H46N4O8. The van der Waals surface area contributed by atoms with E-state index in [1.165, 1.54) is 6.92 Å². The number of amides is 3. The zero-order chi connectivity index (χ0) is 30.6. The van der Waals surface area contributed by atoms with E-state index in [4.69, 9.17) is 0 Å². The van der Waals surface area contributed by atoms with E-state index in [1.54, 1.807) is 0 Å². The van der Waals surface area contributed by atoms with Gasteiger partial charge in [-0.1, -0.05) is 0 Å². The van der Waals surface area contributed by atoms with Crippen LogP contribution in [0.15, 0.2) is 0 Å². The molecular weight excluding hydrogens is 544 g/mol. The molecule has 0 aromatic carbocycles. The topological polar surface area (TPSA) is 191 Å². The Morgan fingerprint density at radius 3 is 1.38 bits per heavy atom. The van der Waals surface area contributed by atoms with Crippen LogP contribution in [0.4, 0.5) is 0 Å². The second-order valence-corrected chi connectivity index (χ2v) is 12.9. The smallest absolute Gasteiger partial charge is 0.308 e. The first-order valence-electron chi connectivity index (χ1n) is 15.5. The number of carboxylic acid groups (broad SMARTS) is 2. The van der Waals surface area contributed by atoms with Gasteiger partial charge in [0.2, 0.25) is 17.7 Å². The predicted molar refractivity (Wildman–Crippen MR) is 151 cm³/mol. The first-order chi connectivity index (χ1) is 20.0. The Morgan fingerprint density at radius 2 is 0.952 bits per heavy atom. The van der Waals surface area contributed by atoms with Crippen molar-refractivity contribution in [2.45, 2.75) is 108 Å². The van der Waals surface area contributed by atoms with E-state index in [0.717, 1.165) is 51.4 Å². The molecule has 4 rings (SSSR count). The lowest BCUT2D eigenvalue weighted by molar-refractivity contribution is -0.180. The lowest BCUT2D eigenvalue weighted by Crippen LogP contribution is -2.62. The lowest BCUT2D eigenvalue weighted by atomic mass is 9.54. The molecule has 4 saturated carbocycles. The number of hydrogen-bond donors (Lipinski definition) is 6. The number of nitrogens with one attached hydrogen (secondary N) is 4. The zero-order valence-electron chi connectivity index (χ0n) is 24.6. The molecule has 42 heavy (non-hydrogen) atoms. The SMILES string of the molecule is CNC1CCC(C(=O)NC2CCCC(NC(=O)C3CCC(NC(=O)C4C(C(C)=O)C(C(=O)O)C4C(=O)O)CC3)C2)CC1. The molecule has 0 saturated heterocycles. The molecule has 3 amide bonds. The van der Waals surface area contributed by atoms with E-state index >= 15 is 0 Å². The maximum Gasteiger partial charge on any atom is 0.308 e. The Bertz CT molecular complexity index is 1030. The maximum absolute atomic E-state index is 13.1. The summed E-state index contributed by atoms with van der Waals surface area (Å²) in [6.45, 7) is 1.18. The average molecular weight is 591 g/mol. The number of rotatable bonds is 10. The van der Waals surface area contributed by atoms with Crippen molar-refractivity contribution in [3.63, 3.8) is 0 Å². The number of hydrogen-bond acceptors (Lipinski definition) is 7. The molecule has 4 aliphatic carbocycles. The monoisotopic (exact) mass is 590 g/mol. The third kappa shape index (κ3) is 7.30. The Morgan fingerprint density at radius 1 is 0.524 bits per heavy atom. The lowest BCUT2D eigenvalue weighted by Gasteiger charge is -2.45. The molecule has 12 heteroatoms. The first-order valence-corrected chi connectivity index (χ1v) is 15.5. The van der Waals surface area contributed by atoms with Crippen molar-refractivity contribution >= 4 is 35.4 Å². The molecule has 0 radical (unpaired) electrons. The number of carbonyl (C=O) groups excluding carboxylic acids is 4. The number of carbonyl (C=O) groups is 6. The van der Waals surface area contributed by atoms with E-state index in [1.807, 2.05) is 7.05 Å². The van der Waals surface area contributed by atoms with Gasteiger partial charge in [-0.25, -0.2) is 0 Å². The van der Waals surface area contributed by atoms with Gasteiger partial charge in [0.05, 0.1) is 17.8 Å². The summed E-state index contributed by atoms with van der Waals surface area (Å²) in [5, 5.41) is 31.5. The Labute approximate surface area is 246 Å². The molecule has 0 aliphatic heterocycles. The van der Waals surface area contributed by atoms with Crippen molar-refractivity contribution in [2.75, 3.05) is 7.05 Å². The minimum Gasteiger partial charge on any atom is -0.481 e. The van der Waals surface area contributed by atoms with Gasteiger partial charge >= 0.3 is 11.9 Å². The van der Waals surface area contributed by atoms with Crippen molar-refractivity contribution in [3.8, 4) is 0 Å². The van der Waals surface area contributed by atoms with Crippen molar-refractivity contribution < 1.29 is 39.0 Å². The van der Waals surface area contributed by atoms with Gasteiger partial charge in [0.25, 0.3) is 0 Å². The number of Topliss-reactive ketones (excluding diaryl/α,β-unsaturated/α-hetero) is 1. The average Bonchev–Trinajstić information content (AvgIpc) is 2.92. The predicted octanol–water partition coefficient (Wildman–Crippen LogP) is 1.22. The summed E-state index contributed by atoms with van der Waals surface area (Å²) < 4.78 is 0. The van der Waals surface area contributed by atoms with Crippen LogP contribution in [0.2, 0.25) is 0 Å². The van der Waals surface area contributed by atoms with Gasteiger partial charge in [0.1, 0.15) is 5.78 Å². The van der Waals surface area contributed by atoms with E-state index in [2.05, 4.69) is 21.3 Å². The summed E-state index contributed by atoms with van der Waals surface area (Å²) in [6, 6.07) is 0.286. The fourth-order valence-electron chi connectivity index (χ4n) is 7.73. The summed E-state index contributed by atoms with van der Waals surface area (Å²) in [5.41, 5.74) is 0. The summed E-state index contributed by atoms with van der Waals surface area (Å²) in [6.07, 6.45) is 9.42. The summed E-state index contributed by atoms with van der Waals surface area (Å²) in [5.74, 6) is -9.19. The molecule has 0 aromatic heterocycles. The molecule has 0 spiro atoms. The Hall–Kier alpha value is -3.02. The minimum atomic E-state index is -1.45. The molecule has 6 atom stereocenters. The molecule has 4 fully saturated rings. The van der Waals surface area contributed by atoms with Gasteiger partial charge in [-0.2, -0.15) is 0 Å². The summed E-state index contributed by atoms with van der Waals surface area (Å²) >= 11 is 0. The highest BCUT2D eigenvalue weighted by Crippen LogP contribution is 2.47. The van der Waals surface area contributed by atoms with Crippen LogP contribution in [0.5, 0.6) is 0 Å². The van der Waals surface area contributed by atoms with Crippen LogP contribution in [0, 0.1) is 35.5 Å². The summed E-state index contributed by atoms with van der Waals surface area (Å²) in [7, 11) is 1.96. The fourth-order valence-corrected chi connectivity index (χ4v) is 7.73. The van der Waals surface area contributed by atoms with Crippen LogP contribution >= 0.6 is 0 Å². The second kappa shape index (κ2) is 14.0. The highest BCUT2D eigenvalue weighted by atomic mass is 16.4. The van der Waals surface area contributed by atoms with E-state index in [0.29, 0.717) is 31.7 Å².